The summed E-state index contributed by atoms with van der Waals surface area (Å²) in [4.78, 5) is 11.8. The Bertz CT molecular complexity index is 320. The molecule has 3 rings (SSSR count). The van der Waals surface area contributed by atoms with Crippen molar-refractivity contribution in [2.75, 3.05) is 6.61 Å². The van der Waals surface area contributed by atoms with E-state index >= 15 is 0 Å². The molecule has 76 valence electrons. The van der Waals surface area contributed by atoms with Gasteiger partial charge < -0.3 is 9.84 Å². The van der Waals surface area contributed by atoms with Crippen LogP contribution in [0.2, 0.25) is 0 Å². The molecular weight excluding hydrogens is 180 g/mol. The van der Waals surface area contributed by atoms with Gasteiger partial charge in [-0.3, -0.25) is 4.79 Å². The predicted octanol–water partition coefficient (Wildman–Crippen LogP) is 0.732. The molecule has 2 bridgehead atoms. The molecule has 0 spiro atoms. The summed E-state index contributed by atoms with van der Waals surface area (Å²) in [6.07, 6.45) is 4.69. The number of cyclic esters (lactones) is 1. The number of hydrogen-bond donors (Lipinski definition) is 1. The zero-order valence-corrected chi connectivity index (χ0v) is 8.14. The first kappa shape index (κ1) is 8.48. The second kappa shape index (κ2) is 2.40. The maximum atomic E-state index is 11.8. The van der Waals surface area contributed by atoms with Crippen molar-refractivity contribution in [1.29, 1.82) is 0 Å². The third-order valence-electron chi connectivity index (χ3n) is 4.30. The Labute approximate surface area is 82.8 Å². The molecule has 0 unspecified atom stereocenters. The maximum absolute atomic E-state index is 11.8. The van der Waals surface area contributed by atoms with Gasteiger partial charge >= 0.3 is 5.97 Å². The molecule has 1 N–H and O–H groups in total. The van der Waals surface area contributed by atoms with E-state index in [-0.39, 0.29) is 17.8 Å². The zero-order chi connectivity index (χ0) is 9.92. The molecule has 3 nitrogen and oxygen atoms in total. The first-order chi connectivity index (χ1) is 6.67. The van der Waals surface area contributed by atoms with E-state index in [4.69, 9.17) is 4.74 Å². The maximum Gasteiger partial charge on any atom is 0.315 e. The fraction of sp³-hybridized carbons (Fsp3) is 0.727. The summed E-state index contributed by atoms with van der Waals surface area (Å²) in [7, 11) is 0. The molecule has 0 aromatic heterocycles. The Morgan fingerprint density at radius 1 is 1.64 bits per heavy atom. The lowest BCUT2D eigenvalue weighted by Crippen LogP contribution is -2.46. The van der Waals surface area contributed by atoms with Gasteiger partial charge in [-0.15, -0.1) is 0 Å². The molecule has 5 atom stereocenters. The number of fused-ring (bicyclic) bond motifs is 5. The molecule has 0 radical (unpaired) electrons. The average Bonchev–Trinajstić information content (AvgIpc) is 2.75. The zero-order valence-electron chi connectivity index (χ0n) is 8.14. The number of allylic oxidation sites excluding steroid dienone is 2. The van der Waals surface area contributed by atoms with Gasteiger partial charge in [0.2, 0.25) is 0 Å². The first-order valence-corrected chi connectivity index (χ1v) is 5.21. The van der Waals surface area contributed by atoms with Crippen molar-refractivity contribution >= 4 is 5.97 Å². The van der Waals surface area contributed by atoms with Gasteiger partial charge in [0.05, 0.1) is 12.7 Å². The molecule has 14 heavy (non-hydrogen) atoms. The van der Waals surface area contributed by atoms with Crippen molar-refractivity contribution in [3.05, 3.63) is 12.2 Å². The van der Waals surface area contributed by atoms with Crippen molar-refractivity contribution < 1.29 is 14.6 Å². The lowest BCUT2D eigenvalue weighted by atomic mass is 9.67. The summed E-state index contributed by atoms with van der Waals surface area (Å²) in [6, 6.07) is 0. The van der Waals surface area contributed by atoms with E-state index in [2.05, 4.69) is 12.2 Å². The van der Waals surface area contributed by atoms with Crippen molar-refractivity contribution in [2.24, 2.45) is 23.2 Å². The standard InChI is InChI=1S/C11H14O3/c1-6(12)11-8-3-2-7(4-8)9(11)5-14-10(11)13/h2-3,6-9,12H,4-5H2,1H3/t6-,7-,8+,9-,11+/m0/s1. The van der Waals surface area contributed by atoms with Crippen molar-refractivity contribution in [1.82, 2.24) is 0 Å². The Morgan fingerprint density at radius 2 is 2.43 bits per heavy atom. The number of ether oxygens (including phenoxy) is 1. The smallest absolute Gasteiger partial charge is 0.315 e. The van der Waals surface area contributed by atoms with Gasteiger partial charge in [-0.1, -0.05) is 12.2 Å². The van der Waals surface area contributed by atoms with Gasteiger partial charge in [-0.2, -0.15) is 0 Å². The Kier molecular flexibility index (Phi) is 1.45. The van der Waals surface area contributed by atoms with Crippen LogP contribution >= 0.6 is 0 Å². The highest BCUT2D eigenvalue weighted by atomic mass is 16.5. The lowest BCUT2D eigenvalue weighted by molar-refractivity contribution is -0.154. The predicted molar refractivity (Wildman–Crippen MR) is 49.3 cm³/mol. The minimum absolute atomic E-state index is 0.186. The quantitative estimate of drug-likeness (QED) is 0.494. The highest BCUT2D eigenvalue weighted by Gasteiger charge is 2.67. The van der Waals surface area contributed by atoms with Gasteiger partial charge in [-0.25, -0.2) is 0 Å². The molecule has 1 saturated carbocycles. The highest BCUT2D eigenvalue weighted by molar-refractivity contribution is 5.82. The summed E-state index contributed by atoms with van der Waals surface area (Å²) in [5.41, 5.74) is -0.612. The molecule has 3 heteroatoms. The second-order valence-corrected chi connectivity index (χ2v) is 4.70. The largest absolute Gasteiger partial charge is 0.465 e. The first-order valence-electron chi connectivity index (χ1n) is 5.21. The Balaban J connectivity index is 2.12. The van der Waals surface area contributed by atoms with Gasteiger partial charge in [0, 0.05) is 5.92 Å². The van der Waals surface area contributed by atoms with E-state index in [1.165, 1.54) is 0 Å². The lowest BCUT2D eigenvalue weighted by Gasteiger charge is -2.34. The highest BCUT2D eigenvalue weighted by Crippen LogP contribution is 2.61. The number of rotatable bonds is 1. The summed E-state index contributed by atoms with van der Waals surface area (Å²) in [5.74, 6) is 0.674. The molecule has 2 fully saturated rings. The number of carbonyl (C=O) groups is 1. The number of aliphatic hydroxyl groups excluding tert-OH is 1. The topological polar surface area (TPSA) is 46.5 Å². The Hall–Kier alpha value is -0.830. The Morgan fingerprint density at radius 3 is 3.07 bits per heavy atom. The van der Waals surface area contributed by atoms with Crippen molar-refractivity contribution in [3.8, 4) is 0 Å². The molecule has 0 amide bonds. The minimum atomic E-state index is -0.612. The normalized spacial score (nSPS) is 50.7. The van der Waals surface area contributed by atoms with Crippen LogP contribution in [-0.4, -0.2) is 23.8 Å². The van der Waals surface area contributed by atoms with Crippen molar-refractivity contribution in [2.45, 2.75) is 19.4 Å². The summed E-state index contributed by atoms with van der Waals surface area (Å²) < 4.78 is 5.13. The van der Waals surface area contributed by atoms with Crippen LogP contribution < -0.4 is 0 Å². The van der Waals surface area contributed by atoms with E-state index in [0.29, 0.717) is 12.5 Å². The van der Waals surface area contributed by atoms with Crippen LogP contribution in [-0.2, 0) is 9.53 Å². The van der Waals surface area contributed by atoms with Gasteiger partial charge in [0.1, 0.15) is 5.41 Å². The van der Waals surface area contributed by atoms with Gasteiger partial charge in [0.25, 0.3) is 0 Å². The van der Waals surface area contributed by atoms with Crippen LogP contribution in [0.25, 0.3) is 0 Å². The van der Waals surface area contributed by atoms with E-state index < -0.39 is 11.5 Å². The molecule has 2 aliphatic carbocycles. The fourth-order valence-electron chi connectivity index (χ4n) is 3.65. The third kappa shape index (κ3) is 0.682. The van der Waals surface area contributed by atoms with E-state index in [1.54, 1.807) is 6.92 Å². The van der Waals surface area contributed by atoms with Crippen LogP contribution in [0, 0.1) is 23.2 Å². The van der Waals surface area contributed by atoms with Crippen LogP contribution in [0.4, 0.5) is 0 Å². The molecule has 0 aromatic carbocycles. The molecule has 1 heterocycles. The van der Waals surface area contributed by atoms with Crippen LogP contribution in [0.5, 0.6) is 0 Å². The minimum Gasteiger partial charge on any atom is -0.465 e. The summed E-state index contributed by atoms with van der Waals surface area (Å²) >= 11 is 0. The SMILES string of the molecule is C[C@H](O)[C@]12C(=O)OC[C@H]1[C@H]1C=C[C@@H]2C1. The van der Waals surface area contributed by atoms with Gasteiger partial charge in [-0.05, 0) is 25.2 Å². The van der Waals surface area contributed by atoms with E-state index in [1.807, 2.05) is 0 Å². The monoisotopic (exact) mass is 194 g/mol. The second-order valence-electron chi connectivity index (χ2n) is 4.70. The fourth-order valence-corrected chi connectivity index (χ4v) is 3.65. The number of hydrogen-bond acceptors (Lipinski definition) is 3. The van der Waals surface area contributed by atoms with Crippen LogP contribution in [0.15, 0.2) is 12.2 Å². The van der Waals surface area contributed by atoms with Gasteiger partial charge in [0.15, 0.2) is 0 Å². The number of esters is 1. The van der Waals surface area contributed by atoms with E-state index in [9.17, 15) is 9.90 Å². The van der Waals surface area contributed by atoms with Crippen molar-refractivity contribution in [3.63, 3.8) is 0 Å². The summed E-state index contributed by atoms with van der Waals surface area (Å²) in [6.45, 7) is 2.21. The molecule has 3 aliphatic rings. The summed E-state index contributed by atoms with van der Waals surface area (Å²) in [5, 5.41) is 9.87. The van der Waals surface area contributed by atoms with Crippen LogP contribution in [0.3, 0.4) is 0 Å². The average molecular weight is 194 g/mol. The number of aliphatic hydroxyl groups is 1. The van der Waals surface area contributed by atoms with E-state index in [0.717, 1.165) is 6.42 Å². The molecule has 1 saturated heterocycles. The number of carbonyl (C=O) groups excluding carboxylic acids is 1. The third-order valence-corrected chi connectivity index (χ3v) is 4.30. The molecule has 1 aliphatic heterocycles. The van der Waals surface area contributed by atoms with Crippen LogP contribution in [0.1, 0.15) is 13.3 Å². The molecular formula is C11H14O3. The molecule has 0 aromatic rings.